The van der Waals surface area contributed by atoms with Crippen molar-refractivity contribution >= 4 is 8.32 Å². The second kappa shape index (κ2) is 10.1. The molecule has 0 saturated carbocycles. The molecule has 0 atom stereocenters. The summed E-state index contributed by atoms with van der Waals surface area (Å²) in [7, 11) is -1.64. The monoisotopic (exact) mass is 350 g/mol. The molecule has 136 valence electrons. The molecular weight excluding hydrogens is 316 g/mol. The van der Waals surface area contributed by atoms with Gasteiger partial charge in [0.1, 0.15) is 0 Å². The fraction of sp³-hybridized carbons (Fsp3) is 0.700. The van der Waals surface area contributed by atoms with Crippen molar-refractivity contribution in [2.75, 3.05) is 6.79 Å². The molecule has 1 aromatic rings. The maximum Gasteiger partial charge on any atom is 0.231 e. The van der Waals surface area contributed by atoms with Gasteiger partial charge in [-0.1, -0.05) is 65.4 Å². The maximum absolute atomic E-state index is 6.72. The van der Waals surface area contributed by atoms with Crippen molar-refractivity contribution in [3.05, 3.63) is 23.8 Å². The SMILES string of the molecule is CCCC[Si](CCCC)(CCCC)OCc1ccc2c(c1)OCO2. The van der Waals surface area contributed by atoms with E-state index in [9.17, 15) is 0 Å². The summed E-state index contributed by atoms with van der Waals surface area (Å²) < 4.78 is 17.6. The molecule has 0 saturated heterocycles. The van der Waals surface area contributed by atoms with Gasteiger partial charge in [-0.2, -0.15) is 0 Å². The molecule has 0 spiro atoms. The Kier molecular flexibility index (Phi) is 8.13. The van der Waals surface area contributed by atoms with Gasteiger partial charge in [0.05, 0.1) is 6.61 Å². The van der Waals surface area contributed by atoms with Crippen LogP contribution in [0.25, 0.3) is 0 Å². The van der Waals surface area contributed by atoms with Crippen molar-refractivity contribution in [2.45, 2.75) is 84.0 Å². The average molecular weight is 351 g/mol. The fourth-order valence-corrected chi connectivity index (χ4v) is 8.01. The van der Waals surface area contributed by atoms with Crippen LogP contribution in [-0.2, 0) is 11.0 Å². The van der Waals surface area contributed by atoms with E-state index in [1.807, 2.05) is 6.07 Å². The van der Waals surface area contributed by atoms with Crippen molar-refractivity contribution in [1.82, 2.24) is 0 Å². The molecule has 2 rings (SSSR count). The number of fused-ring (bicyclic) bond motifs is 1. The summed E-state index contributed by atoms with van der Waals surface area (Å²) in [5, 5.41) is 0. The van der Waals surface area contributed by atoms with Crippen LogP contribution in [0.15, 0.2) is 18.2 Å². The summed E-state index contributed by atoms with van der Waals surface area (Å²) in [6.07, 6.45) is 7.71. The van der Waals surface area contributed by atoms with E-state index in [-0.39, 0.29) is 0 Å². The molecule has 3 nitrogen and oxygen atoms in total. The van der Waals surface area contributed by atoms with Gasteiger partial charge in [0.25, 0.3) is 0 Å². The van der Waals surface area contributed by atoms with Crippen LogP contribution in [0, 0.1) is 0 Å². The number of hydrogen-bond donors (Lipinski definition) is 0. The highest BCUT2D eigenvalue weighted by Gasteiger charge is 2.33. The first kappa shape index (κ1) is 19.3. The van der Waals surface area contributed by atoms with Crippen molar-refractivity contribution in [3.8, 4) is 11.5 Å². The topological polar surface area (TPSA) is 27.7 Å². The van der Waals surface area contributed by atoms with Crippen LogP contribution in [-0.4, -0.2) is 15.1 Å². The minimum atomic E-state index is -1.64. The van der Waals surface area contributed by atoms with Gasteiger partial charge >= 0.3 is 0 Å². The standard InChI is InChI=1S/C20H34O3Si/c1-4-7-12-24(13-8-5-2,14-9-6-3)23-16-18-10-11-19-20(15-18)22-17-21-19/h10-11,15H,4-9,12-14,16-17H2,1-3H3. The predicted molar refractivity (Wildman–Crippen MR) is 102 cm³/mol. The second-order valence-electron chi connectivity index (χ2n) is 6.97. The highest BCUT2D eigenvalue weighted by atomic mass is 28.4. The summed E-state index contributed by atoms with van der Waals surface area (Å²) in [5.41, 5.74) is 1.21. The quantitative estimate of drug-likeness (QED) is 0.415. The molecule has 0 fully saturated rings. The Labute approximate surface area is 148 Å². The van der Waals surface area contributed by atoms with E-state index in [4.69, 9.17) is 13.9 Å². The molecular formula is C20H34O3Si. The lowest BCUT2D eigenvalue weighted by molar-refractivity contribution is 0.174. The van der Waals surface area contributed by atoms with E-state index in [1.54, 1.807) is 0 Å². The van der Waals surface area contributed by atoms with Gasteiger partial charge < -0.3 is 13.9 Å². The molecule has 0 N–H and O–H groups in total. The van der Waals surface area contributed by atoms with Crippen molar-refractivity contribution in [3.63, 3.8) is 0 Å². The summed E-state index contributed by atoms with van der Waals surface area (Å²) >= 11 is 0. The summed E-state index contributed by atoms with van der Waals surface area (Å²) in [4.78, 5) is 0. The van der Waals surface area contributed by atoms with Gasteiger partial charge in [0.2, 0.25) is 6.79 Å². The Morgan fingerprint density at radius 1 is 0.875 bits per heavy atom. The molecule has 0 bridgehead atoms. The minimum Gasteiger partial charge on any atom is -0.454 e. The molecule has 1 heterocycles. The third kappa shape index (κ3) is 5.52. The number of hydrogen-bond acceptors (Lipinski definition) is 3. The van der Waals surface area contributed by atoms with E-state index in [0.717, 1.165) is 18.1 Å². The fourth-order valence-electron chi connectivity index (χ4n) is 3.36. The van der Waals surface area contributed by atoms with E-state index in [0.29, 0.717) is 6.79 Å². The summed E-state index contributed by atoms with van der Waals surface area (Å²) in [5.74, 6) is 1.71. The number of benzene rings is 1. The first-order valence-corrected chi connectivity index (χ1v) is 12.3. The van der Waals surface area contributed by atoms with E-state index >= 15 is 0 Å². The van der Waals surface area contributed by atoms with E-state index in [2.05, 4.69) is 32.9 Å². The lowest BCUT2D eigenvalue weighted by Gasteiger charge is -2.32. The number of ether oxygens (including phenoxy) is 2. The normalized spacial score (nSPS) is 13.5. The van der Waals surface area contributed by atoms with Crippen LogP contribution in [0.3, 0.4) is 0 Å². The van der Waals surface area contributed by atoms with Crippen LogP contribution >= 0.6 is 0 Å². The Hall–Kier alpha value is -1.00. The largest absolute Gasteiger partial charge is 0.454 e. The third-order valence-corrected chi connectivity index (χ3v) is 9.49. The third-order valence-electron chi connectivity index (χ3n) is 4.94. The number of unbranched alkanes of at least 4 members (excludes halogenated alkanes) is 3. The highest BCUT2D eigenvalue weighted by molar-refractivity contribution is 6.73. The molecule has 0 unspecified atom stereocenters. The first-order chi connectivity index (χ1) is 11.7. The molecule has 1 aromatic carbocycles. The van der Waals surface area contributed by atoms with Gasteiger partial charge in [-0.05, 0) is 35.8 Å². The smallest absolute Gasteiger partial charge is 0.231 e. The van der Waals surface area contributed by atoms with Crippen molar-refractivity contribution in [2.24, 2.45) is 0 Å². The Balaban J connectivity index is 2.03. The minimum absolute atomic E-state index is 0.335. The van der Waals surface area contributed by atoms with Crippen molar-refractivity contribution in [1.29, 1.82) is 0 Å². The molecule has 1 aliphatic heterocycles. The zero-order valence-corrected chi connectivity index (χ0v) is 16.7. The molecule has 0 aliphatic carbocycles. The van der Waals surface area contributed by atoms with Crippen LogP contribution in [0.1, 0.15) is 64.9 Å². The van der Waals surface area contributed by atoms with Crippen LogP contribution in [0.2, 0.25) is 18.1 Å². The maximum atomic E-state index is 6.72. The Morgan fingerprint density at radius 3 is 2.04 bits per heavy atom. The molecule has 24 heavy (non-hydrogen) atoms. The summed E-state index contributed by atoms with van der Waals surface area (Å²) in [6, 6.07) is 10.2. The van der Waals surface area contributed by atoms with Crippen molar-refractivity contribution < 1.29 is 13.9 Å². The summed E-state index contributed by atoms with van der Waals surface area (Å²) in [6.45, 7) is 7.92. The van der Waals surface area contributed by atoms with Gasteiger partial charge in [-0.25, -0.2) is 0 Å². The van der Waals surface area contributed by atoms with E-state index in [1.165, 1.54) is 62.2 Å². The average Bonchev–Trinajstić information content (AvgIpc) is 3.08. The second-order valence-corrected chi connectivity index (χ2v) is 11.1. The molecule has 0 radical (unpaired) electrons. The Bertz CT molecular complexity index is 468. The zero-order valence-electron chi connectivity index (χ0n) is 15.7. The highest BCUT2D eigenvalue weighted by Crippen LogP contribution is 2.34. The van der Waals surface area contributed by atoms with E-state index < -0.39 is 8.32 Å². The van der Waals surface area contributed by atoms with Gasteiger partial charge in [-0.3, -0.25) is 0 Å². The number of rotatable bonds is 12. The molecule has 4 heteroatoms. The van der Waals surface area contributed by atoms with Crippen LogP contribution in [0.4, 0.5) is 0 Å². The van der Waals surface area contributed by atoms with Gasteiger partial charge in [0.15, 0.2) is 19.8 Å². The van der Waals surface area contributed by atoms with Crippen LogP contribution in [0.5, 0.6) is 11.5 Å². The molecule has 0 aromatic heterocycles. The predicted octanol–water partition coefficient (Wildman–Crippen LogP) is 6.28. The Morgan fingerprint density at radius 2 is 1.46 bits per heavy atom. The molecule has 0 amide bonds. The van der Waals surface area contributed by atoms with Crippen LogP contribution < -0.4 is 9.47 Å². The zero-order chi connectivity index (χ0) is 17.3. The lowest BCUT2D eigenvalue weighted by Crippen LogP contribution is -2.38. The van der Waals surface area contributed by atoms with Gasteiger partial charge in [-0.15, -0.1) is 0 Å². The van der Waals surface area contributed by atoms with Gasteiger partial charge in [0, 0.05) is 0 Å². The first-order valence-electron chi connectivity index (χ1n) is 9.75. The lowest BCUT2D eigenvalue weighted by atomic mass is 10.2. The molecule has 1 aliphatic rings.